The number of amides is 2. The van der Waals surface area contributed by atoms with E-state index in [-0.39, 0.29) is 5.69 Å². The standard InChI is InChI=1S/C21H15ClF3N5O2/c1-30-9-8-15-18(30)26-11-27-19(15)32-14-5-2-12(3-6-14)28-20(31)29-13-4-7-17(22)16(10-13)21(23,24)25/h2-11H,1H3,(H2,28,29,31). The molecule has 164 valence electrons. The van der Waals surface area contributed by atoms with Gasteiger partial charge < -0.3 is 19.9 Å². The maximum atomic E-state index is 13.0. The largest absolute Gasteiger partial charge is 0.438 e. The number of nitrogens with one attached hydrogen (secondary N) is 2. The molecule has 4 rings (SSSR count). The van der Waals surface area contributed by atoms with Gasteiger partial charge in [-0.25, -0.2) is 14.8 Å². The van der Waals surface area contributed by atoms with Crippen LogP contribution in [0.25, 0.3) is 11.0 Å². The molecule has 0 aliphatic carbocycles. The first-order chi connectivity index (χ1) is 15.2. The molecule has 2 aromatic heterocycles. The summed E-state index contributed by atoms with van der Waals surface area (Å²) in [4.78, 5) is 20.5. The molecule has 11 heteroatoms. The van der Waals surface area contributed by atoms with Crippen molar-refractivity contribution in [2.75, 3.05) is 10.6 Å². The van der Waals surface area contributed by atoms with Crippen molar-refractivity contribution in [3.05, 3.63) is 71.6 Å². The Bertz CT molecular complexity index is 1290. The highest BCUT2D eigenvalue weighted by atomic mass is 35.5. The van der Waals surface area contributed by atoms with Crippen molar-refractivity contribution in [1.82, 2.24) is 14.5 Å². The van der Waals surface area contributed by atoms with Gasteiger partial charge in [0.25, 0.3) is 0 Å². The summed E-state index contributed by atoms with van der Waals surface area (Å²) in [5, 5.41) is 5.19. The third-order valence-corrected chi connectivity index (χ3v) is 4.81. The Hall–Kier alpha value is -3.79. The van der Waals surface area contributed by atoms with Crippen molar-refractivity contribution in [3.63, 3.8) is 0 Å². The molecule has 0 radical (unpaired) electrons. The summed E-state index contributed by atoms with van der Waals surface area (Å²) in [6.45, 7) is 0. The van der Waals surface area contributed by atoms with Gasteiger partial charge in [-0.1, -0.05) is 11.6 Å². The number of anilines is 2. The van der Waals surface area contributed by atoms with E-state index in [4.69, 9.17) is 16.3 Å². The van der Waals surface area contributed by atoms with E-state index < -0.39 is 22.8 Å². The molecule has 2 amide bonds. The summed E-state index contributed by atoms with van der Waals surface area (Å²) in [7, 11) is 1.86. The first kappa shape index (κ1) is 21.4. The van der Waals surface area contributed by atoms with Gasteiger partial charge in [0, 0.05) is 24.6 Å². The van der Waals surface area contributed by atoms with Gasteiger partial charge >= 0.3 is 12.2 Å². The molecule has 2 heterocycles. The van der Waals surface area contributed by atoms with Crippen molar-refractivity contribution in [3.8, 4) is 11.6 Å². The summed E-state index contributed by atoms with van der Waals surface area (Å²) < 4.78 is 46.5. The number of hydrogen-bond acceptors (Lipinski definition) is 4. The van der Waals surface area contributed by atoms with Crippen molar-refractivity contribution in [2.24, 2.45) is 7.05 Å². The molecule has 0 spiro atoms. The number of carbonyl (C=O) groups excluding carboxylic acids is 1. The van der Waals surface area contributed by atoms with Gasteiger partial charge in [0.15, 0.2) is 0 Å². The minimum atomic E-state index is -4.63. The van der Waals surface area contributed by atoms with Crippen molar-refractivity contribution in [2.45, 2.75) is 6.18 Å². The van der Waals surface area contributed by atoms with Gasteiger partial charge in [0.1, 0.15) is 17.7 Å². The summed E-state index contributed by atoms with van der Waals surface area (Å²) in [6, 6.07) is 10.7. The maximum absolute atomic E-state index is 13.0. The second-order valence-corrected chi connectivity index (χ2v) is 7.15. The fourth-order valence-electron chi connectivity index (χ4n) is 2.97. The molecule has 0 aliphatic heterocycles. The van der Waals surface area contributed by atoms with Crippen LogP contribution in [0.2, 0.25) is 5.02 Å². The molecule has 0 unspecified atom stereocenters. The van der Waals surface area contributed by atoms with E-state index in [2.05, 4.69) is 20.6 Å². The third-order valence-electron chi connectivity index (χ3n) is 4.48. The Kier molecular flexibility index (Phi) is 5.62. The molecule has 0 saturated heterocycles. The van der Waals surface area contributed by atoms with Crippen LogP contribution in [-0.2, 0) is 13.2 Å². The van der Waals surface area contributed by atoms with Gasteiger partial charge in [-0.3, -0.25) is 0 Å². The molecule has 0 atom stereocenters. The average molecular weight is 462 g/mol. The number of nitrogens with zero attached hydrogens (tertiary/aromatic N) is 3. The molecule has 4 aromatic rings. The molecule has 2 N–H and O–H groups in total. The van der Waals surface area contributed by atoms with E-state index >= 15 is 0 Å². The van der Waals surface area contributed by atoms with E-state index in [9.17, 15) is 18.0 Å². The number of rotatable bonds is 4. The predicted octanol–water partition coefficient (Wildman–Crippen LogP) is 6.08. The number of benzene rings is 2. The topological polar surface area (TPSA) is 81.1 Å². The van der Waals surface area contributed by atoms with E-state index in [1.807, 2.05) is 23.9 Å². The molecule has 0 saturated carbocycles. The maximum Gasteiger partial charge on any atom is 0.417 e. The Morgan fingerprint density at radius 1 is 1.03 bits per heavy atom. The van der Waals surface area contributed by atoms with E-state index in [0.29, 0.717) is 17.3 Å². The Labute approximate surface area is 184 Å². The van der Waals surface area contributed by atoms with Crippen molar-refractivity contribution < 1.29 is 22.7 Å². The second-order valence-electron chi connectivity index (χ2n) is 6.74. The Balaban J connectivity index is 1.42. The summed E-state index contributed by atoms with van der Waals surface area (Å²) in [5.74, 6) is 0.865. The summed E-state index contributed by atoms with van der Waals surface area (Å²) in [6.07, 6.45) is -1.38. The molecular weight excluding hydrogens is 447 g/mol. The van der Waals surface area contributed by atoms with Gasteiger partial charge in [-0.2, -0.15) is 13.2 Å². The quantitative estimate of drug-likeness (QED) is 0.386. The molecule has 0 bridgehead atoms. The lowest BCUT2D eigenvalue weighted by molar-refractivity contribution is -0.137. The highest BCUT2D eigenvalue weighted by molar-refractivity contribution is 6.31. The molecular formula is C21H15ClF3N5O2. The second kappa shape index (κ2) is 8.39. The number of fused-ring (bicyclic) bond motifs is 1. The van der Waals surface area contributed by atoms with Crippen LogP contribution >= 0.6 is 11.6 Å². The van der Waals surface area contributed by atoms with Crippen LogP contribution in [0, 0.1) is 0 Å². The number of urea groups is 1. The van der Waals surface area contributed by atoms with E-state index in [0.717, 1.165) is 23.2 Å². The minimum Gasteiger partial charge on any atom is -0.438 e. The number of carbonyl (C=O) groups is 1. The first-order valence-electron chi connectivity index (χ1n) is 9.19. The van der Waals surface area contributed by atoms with Crippen LogP contribution in [0.5, 0.6) is 11.6 Å². The number of halogens is 4. The van der Waals surface area contributed by atoms with Gasteiger partial charge in [-0.05, 0) is 48.5 Å². The minimum absolute atomic E-state index is 0.0465. The first-order valence-corrected chi connectivity index (χ1v) is 9.57. The normalized spacial score (nSPS) is 11.4. The van der Waals surface area contributed by atoms with E-state index in [1.165, 1.54) is 12.4 Å². The number of hydrogen-bond donors (Lipinski definition) is 2. The van der Waals surface area contributed by atoms with Crippen LogP contribution in [0.1, 0.15) is 5.56 Å². The molecule has 2 aromatic carbocycles. The third kappa shape index (κ3) is 4.59. The molecule has 0 fully saturated rings. The molecule has 32 heavy (non-hydrogen) atoms. The van der Waals surface area contributed by atoms with Crippen molar-refractivity contribution >= 4 is 40.0 Å². The molecule has 7 nitrogen and oxygen atoms in total. The van der Waals surface area contributed by atoms with Crippen LogP contribution in [0.3, 0.4) is 0 Å². The Morgan fingerprint density at radius 2 is 1.72 bits per heavy atom. The number of ether oxygens (including phenoxy) is 1. The fraction of sp³-hybridized carbons (Fsp3) is 0.0952. The summed E-state index contributed by atoms with van der Waals surface area (Å²) in [5.41, 5.74) is 0.0544. The predicted molar refractivity (Wildman–Crippen MR) is 114 cm³/mol. The smallest absolute Gasteiger partial charge is 0.417 e. The highest BCUT2D eigenvalue weighted by Crippen LogP contribution is 2.36. The lowest BCUT2D eigenvalue weighted by Crippen LogP contribution is -2.19. The van der Waals surface area contributed by atoms with Gasteiger partial charge in [0.2, 0.25) is 5.88 Å². The highest BCUT2D eigenvalue weighted by Gasteiger charge is 2.33. The monoisotopic (exact) mass is 461 g/mol. The fourth-order valence-corrected chi connectivity index (χ4v) is 3.19. The Morgan fingerprint density at radius 3 is 2.44 bits per heavy atom. The van der Waals surface area contributed by atoms with Crippen LogP contribution in [-0.4, -0.2) is 20.6 Å². The summed E-state index contributed by atoms with van der Waals surface area (Å²) >= 11 is 5.58. The number of aromatic nitrogens is 3. The zero-order valence-corrected chi connectivity index (χ0v) is 17.2. The van der Waals surface area contributed by atoms with Crippen LogP contribution in [0.4, 0.5) is 29.3 Å². The SMILES string of the molecule is Cn1ccc2c(Oc3ccc(NC(=O)Nc4ccc(Cl)c(C(F)(F)F)c4)cc3)ncnc21. The van der Waals surface area contributed by atoms with Crippen LogP contribution < -0.4 is 15.4 Å². The zero-order chi connectivity index (χ0) is 22.9. The number of aryl methyl sites for hydroxylation is 1. The van der Waals surface area contributed by atoms with Gasteiger partial charge in [0.05, 0.1) is 16.0 Å². The lowest BCUT2D eigenvalue weighted by atomic mass is 10.2. The average Bonchev–Trinajstić information content (AvgIpc) is 3.12. The van der Waals surface area contributed by atoms with E-state index in [1.54, 1.807) is 24.3 Å². The number of alkyl halides is 3. The van der Waals surface area contributed by atoms with Crippen LogP contribution in [0.15, 0.2) is 61.1 Å². The van der Waals surface area contributed by atoms with Crippen molar-refractivity contribution in [1.29, 1.82) is 0 Å². The van der Waals surface area contributed by atoms with Gasteiger partial charge in [-0.15, -0.1) is 0 Å². The lowest BCUT2D eigenvalue weighted by Gasteiger charge is -2.12. The zero-order valence-electron chi connectivity index (χ0n) is 16.4. The molecule has 0 aliphatic rings.